The summed E-state index contributed by atoms with van der Waals surface area (Å²) in [5.74, 6) is 0.361. The summed E-state index contributed by atoms with van der Waals surface area (Å²) in [5, 5.41) is 0. The van der Waals surface area contributed by atoms with Crippen molar-refractivity contribution in [1.29, 1.82) is 0 Å². The predicted molar refractivity (Wildman–Crippen MR) is 126 cm³/mol. The van der Waals surface area contributed by atoms with Crippen LogP contribution in [0.1, 0.15) is 59.9 Å². The van der Waals surface area contributed by atoms with Gasteiger partial charge in [0.2, 0.25) is 0 Å². The maximum atomic E-state index is 13.5. The first-order valence-electron chi connectivity index (χ1n) is 10.5. The average Bonchev–Trinajstić information content (AvgIpc) is 2.65. The molecule has 1 nitrogen and oxygen atoms in total. The number of Topliss-reactive ketones (excluding diaryl/α,β-unsaturated/α-hetero) is 1. The van der Waals surface area contributed by atoms with Crippen molar-refractivity contribution in [3.63, 3.8) is 0 Å². The van der Waals surface area contributed by atoms with Gasteiger partial charge in [0.15, 0.2) is 0 Å². The molecule has 1 unspecified atom stereocenters. The highest BCUT2D eigenvalue weighted by molar-refractivity contribution is 7.99. The lowest BCUT2D eigenvalue weighted by Gasteiger charge is -2.43. The molecule has 0 amide bonds. The monoisotopic (exact) mass is 412 g/mol. The lowest BCUT2D eigenvalue weighted by Crippen LogP contribution is -2.46. The molecule has 0 heterocycles. The van der Waals surface area contributed by atoms with E-state index in [1.807, 2.05) is 6.07 Å². The number of rotatable bonds is 9. The zero-order valence-corrected chi connectivity index (χ0v) is 20.3. The van der Waals surface area contributed by atoms with Gasteiger partial charge in [0.05, 0.1) is 8.07 Å². The van der Waals surface area contributed by atoms with Crippen LogP contribution in [0.15, 0.2) is 64.4 Å². The van der Waals surface area contributed by atoms with Crippen molar-refractivity contribution in [2.45, 2.75) is 86.8 Å². The Hall–Kier alpha value is -1.32. The number of carbonyl (C=O) groups is 1. The molecule has 0 N–H and O–H groups in total. The SMILES string of the molecule is CC(C(=O)C[Si](C(C)C)(C(C)C)C(C)C)c1ccccc1Sc1ccccc1. The third kappa shape index (κ3) is 4.99. The Morgan fingerprint density at radius 2 is 1.29 bits per heavy atom. The minimum Gasteiger partial charge on any atom is -0.299 e. The van der Waals surface area contributed by atoms with Crippen molar-refractivity contribution in [3.05, 3.63) is 60.2 Å². The minimum absolute atomic E-state index is 0.0597. The fraction of sp³-hybridized carbons (Fsp3) is 0.480. The Labute approximate surface area is 177 Å². The van der Waals surface area contributed by atoms with Crippen molar-refractivity contribution in [3.8, 4) is 0 Å². The number of hydrogen-bond donors (Lipinski definition) is 0. The normalized spacial score (nSPS) is 13.4. The lowest BCUT2D eigenvalue weighted by atomic mass is 9.97. The van der Waals surface area contributed by atoms with Crippen molar-refractivity contribution >= 4 is 25.6 Å². The summed E-state index contributed by atoms with van der Waals surface area (Å²) < 4.78 is 0. The van der Waals surface area contributed by atoms with Gasteiger partial charge in [-0.05, 0) is 23.8 Å². The molecule has 0 saturated carbocycles. The molecule has 0 aliphatic rings. The Bertz CT molecular complexity index is 745. The van der Waals surface area contributed by atoms with E-state index in [1.165, 1.54) is 15.4 Å². The largest absolute Gasteiger partial charge is 0.299 e. The minimum atomic E-state index is -1.73. The first kappa shape index (κ1) is 23.0. The van der Waals surface area contributed by atoms with Crippen LogP contribution in [-0.4, -0.2) is 13.9 Å². The van der Waals surface area contributed by atoms with E-state index >= 15 is 0 Å². The second-order valence-electron chi connectivity index (χ2n) is 8.89. The second-order valence-corrected chi connectivity index (χ2v) is 16.1. The molecule has 0 aliphatic heterocycles. The third-order valence-corrected chi connectivity index (χ3v) is 15.1. The van der Waals surface area contributed by atoms with Gasteiger partial charge in [-0.3, -0.25) is 4.79 Å². The first-order chi connectivity index (χ1) is 13.2. The van der Waals surface area contributed by atoms with Gasteiger partial charge in [0.1, 0.15) is 5.78 Å². The summed E-state index contributed by atoms with van der Waals surface area (Å²) in [6, 6.07) is 19.6. The maximum absolute atomic E-state index is 13.5. The van der Waals surface area contributed by atoms with Gasteiger partial charge < -0.3 is 0 Å². The molecule has 3 heteroatoms. The number of ketones is 1. The van der Waals surface area contributed by atoms with Crippen molar-refractivity contribution in [2.75, 3.05) is 0 Å². The topological polar surface area (TPSA) is 17.1 Å². The quantitative estimate of drug-likeness (QED) is 0.386. The van der Waals surface area contributed by atoms with Crippen LogP contribution < -0.4 is 0 Å². The lowest BCUT2D eigenvalue weighted by molar-refractivity contribution is -0.118. The summed E-state index contributed by atoms with van der Waals surface area (Å²) in [6.07, 6.45) is 0. The van der Waals surface area contributed by atoms with Crippen molar-refractivity contribution < 1.29 is 4.79 Å². The Morgan fingerprint density at radius 1 is 0.786 bits per heavy atom. The van der Waals surface area contributed by atoms with Gasteiger partial charge >= 0.3 is 0 Å². The third-order valence-electron chi connectivity index (χ3n) is 6.54. The Balaban J connectivity index is 2.30. The van der Waals surface area contributed by atoms with Gasteiger partial charge in [-0.1, -0.05) is 113 Å². The van der Waals surface area contributed by atoms with Crippen LogP contribution >= 0.6 is 11.8 Å². The van der Waals surface area contributed by atoms with Crippen molar-refractivity contribution in [2.24, 2.45) is 0 Å². The maximum Gasteiger partial charge on any atom is 0.137 e. The molecule has 0 saturated heterocycles. The summed E-state index contributed by atoms with van der Waals surface area (Å²) in [4.78, 5) is 15.9. The summed E-state index contributed by atoms with van der Waals surface area (Å²) in [6.45, 7) is 16.1. The van der Waals surface area contributed by atoms with Crippen LogP contribution in [0.4, 0.5) is 0 Å². The number of hydrogen-bond acceptors (Lipinski definition) is 2. The smallest absolute Gasteiger partial charge is 0.137 e. The van der Waals surface area contributed by atoms with E-state index in [1.54, 1.807) is 11.8 Å². The molecule has 1 atom stereocenters. The number of benzene rings is 2. The fourth-order valence-corrected chi connectivity index (χ4v) is 12.0. The van der Waals surface area contributed by atoms with Crippen LogP contribution in [0.2, 0.25) is 22.7 Å². The van der Waals surface area contributed by atoms with Crippen LogP contribution in [0.25, 0.3) is 0 Å². The Morgan fingerprint density at radius 3 is 1.82 bits per heavy atom. The highest BCUT2D eigenvalue weighted by atomic mass is 32.2. The van der Waals surface area contributed by atoms with E-state index in [4.69, 9.17) is 0 Å². The van der Waals surface area contributed by atoms with Gasteiger partial charge in [0.25, 0.3) is 0 Å². The molecule has 2 rings (SSSR count). The van der Waals surface area contributed by atoms with Gasteiger partial charge in [-0.15, -0.1) is 0 Å². The number of carbonyl (C=O) groups excluding carboxylic acids is 1. The molecular formula is C25H36OSSi. The van der Waals surface area contributed by atoms with Gasteiger partial charge in [-0.25, -0.2) is 0 Å². The second kappa shape index (κ2) is 9.93. The zero-order valence-electron chi connectivity index (χ0n) is 18.5. The van der Waals surface area contributed by atoms with Gasteiger partial charge in [-0.2, -0.15) is 0 Å². The summed E-state index contributed by atoms with van der Waals surface area (Å²) >= 11 is 1.76. The highest BCUT2D eigenvalue weighted by Crippen LogP contribution is 2.46. The van der Waals surface area contributed by atoms with E-state index in [-0.39, 0.29) is 5.92 Å². The molecule has 0 aliphatic carbocycles. The fourth-order valence-electron chi connectivity index (χ4n) is 4.79. The van der Waals surface area contributed by atoms with Gasteiger partial charge in [0, 0.05) is 21.8 Å². The van der Waals surface area contributed by atoms with Crippen LogP contribution in [-0.2, 0) is 4.79 Å². The first-order valence-corrected chi connectivity index (χ1v) is 13.8. The summed E-state index contributed by atoms with van der Waals surface area (Å²) in [5.41, 5.74) is 2.99. The molecule has 0 bridgehead atoms. The molecular weight excluding hydrogens is 376 g/mol. The molecule has 152 valence electrons. The molecule has 0 radical (unpaired) electrons. The van der Waals surface area contributed by atoms with E-state index in [0.717, 1.165) is 6.04 Å². The molecule has 2 aromatic rings. The van der Waals surface area contributed by atoms with Crippen molar-refractivity contribution in [1.82, 2.24) is 0 Å². The van der Waals surface area contributed by atoms with Crippen LogP contribution in [0.3, 0.4) is 0 Å². The molecule has 0 fully saturated rings. The molecule has 0 aromatic heterocycles. The summed E-state index contributed by atoms with van der Waals surface area (Å²) in [7, 11) is -1.73. The molecule has 2 aromatic carbocycles. The molecule has 0 spiro atoms. The molecule has 28 heavy (non-hydrogen) atoms. The van der Waals surface area contributed by atoms with E-state index in [9.17, 15) is 4.79 Å². The van der Waals surface area contributed by atoms with Crippen LogP contribution in [0, 0.1) is 0 Å². The zero-order chi connectivity index (χ0) is 20.9. The Kier molecular flexibility index (Phi) is 8.14. The van der Waals surface area contributed by atoms with E-state index in [0.29, 0.717) is 22.4 Å². The van der Waals surface area contributed by atoms with Crippen LogP contribution in [0.5, 0.6) is 0 Å². The van der Waals surface area contributed by atoms with E-state index in [2.05, 4.69) is 97.0 Å². The standard InChI is InChI=1S/C25H36OSSi/c1-18(2)28(19(3)4,20(5)6)17-24(26)21(7)23-15-11-12-16-25(23)27-22-13-9-8-10-14-22/h8-16,18-21H,17H2,1-7H3. The predicted octanol–water partition coefficient (Wildman–Crippen LogP) is 8.19. The average molecular weight is 413 g/mol. The highest BCUT2D eigenvalue weighted by Gasteiger charge is 2.44. The van der Waals surface area contributed by atoms with E-state index < -0.39 is 8.07 Å².